The van der Waals surface area contributed by atoms with Crippen LogP contribution in [0.2, 0.25) is 0 Å². The zero-order valence-electron chi connectivity index (χ0n) is 70.9. The lowest BCUT2D eigenvalue weighted by atomic mass is 9.85. The Balaban J connectivity index is 0.000000103. The fraction of sp³-hybridized carbons (Fsp3) is 0.315. The van der Waals surface area contributed by atoms with Gasteiger partial charge in [-0.25, -0.2) is 0 Å². The number of fused-ring (bicyclic) bond motifs is 23. The average molecular weight is 1450 g/mol. The quantitative estimate of drug-likeness (QED) is 0.142. The molecular formula is C111H118. The van der Waals surface area contributed by atoms with Gasteiger partial charge in [-0.2, -0.15) is 0 Å². The highest BCUT2D eigenvalue weighted by atomic mass is 14.4. The maximum Gasteiger partial charge on any atom is -0.000455 e. The summed E-state index contributed by atoms with van der Waals surface area (Å²) in [5.74, 6) is 1.82. The van der Waals surface area contributed by atoms with Crippen LogP contribution in [-0.2, 0) is 44.9 Å². The molecule has 2 unspecified atom stereocenters. The third-order valence-electron chi connectivity index (χ3n) is 28.8. The summed E-state index contributed by atoms with van der Waals surface area (Å²) in [6, 6.07) is 65.1. The van der Waals surface area contributed by atoms with E-state index >= 15 is 0 Å². The molecule has 0 nitrogen and oxygen atoms in total. The molecule has 111 heavy (non-hydrogen) atoms. The van der Waals surface area contributed by atoms with Crippen LogP contribution in [0.25, 0.3) is 66.4 Å². The minimum Gasteiger partial charge on any atom is -0.0619 e. The second-order valence-corrected chi connectivity index (χ2v) is 34.6. The lowest BCUT2D eigenvalue weighted by molar-refractivity contribution is 0.680. The van der Waals surface area contributed by atoms with Gasteiger partial charge < -0.3 is 0 Å². The van der Waals surface area contributed by atoms with Crippen molar-refractivity contribution in [2.24, 2.45) is 0 Å². The van der Waals surface area contributed by atoms with E-state index in [9.17, 15) is 0 Å². The van der Waals surface area contributed by atoms with Crippen LogP contribution in [0.1, 0.15) is 239 Å². The molecule has 2 bridgehead atoms. The molecule has 13 aromatic carbocycles. The average Bonchev–Trinajstić information content (AvgIpc) is 1.62. The summed E-state index contributed by atoms with van der Waals surface area (Å²) in [5, 5.41) is 2.76. The molecule has 1 saturated carbocycles. The van der Waals surface area contributed by atoms with Crippen LogP contribution in [0.4, 0.5) is 0 Å². The van der Waals surface area contributed by atoms with Crippen molar-refractivity contribution >= 4 is 10.8 Å². The maximum absolute atomic E-state index is 2.46. The number of hydrogen-bond acceptors (Lipinski definition) is 0. The minimum absolute atomic E-state index is 0.910. The van der Waals surface area contributed by atoms with Gasteiger partial charge >= 0.3 is 0 Å². The topological polar surface area (TPSA) is 0 Å². The summed E-state index contributed by atoms with van der Waals surface area (Å²) in [4.78, 5) is 0. The van der Waals surface area contributed by atoms with E-state index in [0.29, 0.717) is 0 Å². The molecule has 0 N–H and O–H groups in total. The van der Waals surface area contributed by atoms with Gasteiger partial charge in [-0.15, -0.1) is 0 Å². The highest BCUT2D eigenvalue weighted by molar-refractivity contribution is 5.96. The van der Waals surface area contributed by atoms with Crippen molar-refractivity contribution in [3.8, 4) is 55.6 Å². The van der Waals surface area contributed by atoms with E-state index in [-0.39, 0.29) is 0 Å². The third-order valence-corrected chi connectivity index (χ3v) is 28.8. The molecule has 0 aromatic heterocycles. The summed E-state index contributed by atoms with van der Waals surface area (Å²) in [7, 11) is 0. The first kappa shape index (κ1) is 76.5. The second-order valence-electron chi connectivity index (χ2n) is 34.6. The number of benzene rings is 13. The first-order valence-corrected chi connectivity index (χ1v) is 41.8. The van der Waals surface area contributed by atoms with Crippen LogP contribution in [0.3, 0.4) is 0 Å². The molecule has 21 rings (SSSR count). The predicted octanol–water partition coefficient (Wildman–Crippen LogP) is 29.5. The summed E-state index contributed by atoms with van der Waals surface area (Å²) in [6.45, 7) is 47.1. The van der Waals surface area contributed by atoms with Crippen molar-refractivity contribution in [1.82, 2.24) is 0 Å². The Morgan fingerprint density at radius 1 is 0.225 bits per heavy atom. The van der Waals surface area contributed by atoms with Gasteiger partial charge in [0.15, 0.2) is 0 Å². The monoisotopic (exact) mass is 1450 g/mol. The molecule has 0 heterocycles. The Morgan fingerprint density at radius 3 is 1.08 bits per heavy atom. The highest BCUT2D eigenvalue weighted by Gasteiger charge is 2.38. The zero-order valence-corrected chi connectivity index (χ0v) is 70.9. The van der Waals surface area contributed by atoms with Gasteiger partial charge in [0.25, 0.3) is 0 Å². The molecular weight excluding hydrogens is 1330 g/mol. The summed E-state index contributed by atoms with van der Waals surface area (Å²) < 4.78 is 0. The second kappa shape index (κ2) is 31.0. The van der Waals surface area contributed by atoms with Crippen LogP contribution >= 0.6 is 0 Å². The fourth-order valence-corrected chi connectivity index (χ4v) is 20.6. The van der Waals surface area contributed by atoms with Gasteiger partial charge in [-0.3, -0.25) is 0 Å². The van der Waals surface area contributed by atoms with E-state index in [1.165, 1.54) is 273 Å². The van der Waals surface area contributed by atoms with Crippen molar-refractivity contribution in [3.63, 3.8) is 0 Å². The Labute approximate surface area is 667 Å². The highest BCUT2D eigenvalue weighted by Crippen LogP contribution is 2.55. The lowest BCUT2D eigenvalue weighted by Gasteiger charge is -2.21. The van der Waals surface area contributed by atoms with E-state index in [1.807, 2.05) is 0 Å². The molecule has 2 atom stereocenters. The molecule has 13 aromatic rings. The number of aryl methyl sites for hydroxylation is 8. The van der Waals surface area contributed by atoms with Crippen LogP contribution < -0.4 is 0 Å². The smallest absolute Gasteiger partial charge is 0.000455 e. The Kier molecular flexibility index (Phi) is 21.4. The molecule has 0 heteroatoms. The van der Waals surface area contributed by atoms with Gasteiger partial charge in [0.2, 0.25) is 0 Å². The predicted molar refractivity (Wildman–Crippen MR) is 479 cm³/mol. The van der Waals surface area contributed by atoms with Crippen LogP contribution in [0, 0.1) is 145 Å². The third kappa shape index (κ3) is 14.0. The van der Waals surface area contributed by atoms with Crippen molar-refractivity contribution in [1.29, 1.82) is 0 Å². The molecule has 0 amide bonds. The Hall–Kier alpha value is -9.88. The summed E-state index contributed by atoms with van der Waals surface area (Å²) in [5.41, 5.74) is 67.0. The molecule has 0 aliphatic heterocycles. The van der Waals surface area contributed by atoms with E-state index in [0.717, 1.165) is 43.9 Å². The molecule has 8 aliphatic rings. The van der Waals surface area contributed by atoms with Gasteiger partial charge in [-0.05, 0) is 495 Å². The zero-order chi connectivity index (χ0) is 78.3. The molecule has 1 fully saturated rings. The maximum atomic E-state index is 2.46. The number of rotatable bonds is 0. The Bertz CT molecular complexity index is 5690. The molecule has 0 spiro atoms. The van der Waals surface area contributed by atoms with Gasteiger partial charge in [-0.1, -0.05) is 176 Å². The van der Waals surface area contributed by atoms with Gasteiger partial charge in [0.1, 0.15) is 0 Å². The van der Waals surface area contributed by atoms with E-state index in [4.69, 9.17) is 0 Å². The van der Waals surface area contributed by atoms with Crippen molar-refractivity contribution in [2.75, 3.05) is 0 Å². The molecule has 0 saturated heterocycles. The largest absolute Gasteiger partial charge is 0.0619 e. The molecule has 8 aliphatic carbocycles. The SMILES string of the molecule is Cc1cc2c(c(C)c1C)-c1ccccc1C2.Cc1cc2c(c(C)c1C)-c1ccccc1C2.Cc1cc2c(c(C)c1C)C1CCC2C1.Cc1cc2c(c(C)c1C)CCCC2.Cc1cc2c(c(C)c1C)Cc1c-2ccc2ccccc12.Cc1cc2c(c(C)c1C)Cc1ccccc1-2.Cc1cc2c(c(C)c1C)Cc1ccccc1-2. The van der Waals surface area contributed by atoms with E-state index in [2.05, 4.69) is 321 Å². The first-order valence-electron chi connectivity index (χ1n) is 41.8. The van der Waals surface area contributed by atoms with E-state index in [1.54, 1.807) is 33.4 Å². The lowest BCUT2D eigenvalue weighted by Crippen LogP contribution is -2.07. The molecule has 0 radical (unpaired) electrons. The fourth-order valence-electron chi connectivity index (χ4n) is 20.6. The van der Waals surface area contributed by atoms with E-state index < -0.39 is 0 Å². The van der Waals surface area contributed by atoms with Crippen LogP contribution in [0.5, 0.6) is 0 Å². The summed E-state index contributed by atoms with van der Waals surface area (Å²) >= 11 is 0. The minimum atomic E-state index is 0.910. The van der Waals surface area contributed by atoms with Crippen molar-refractivity contribution in [3.05, 3.63) is 371 Å². The van der Waals surface area contributed by atoms with Crippen LogP contribution in [0.15, 0.2) is 176 Å². The Morgan fingerprint density at radius 2 is 0.586 bits per heavy atom. The summed E-state index contributed by atoms with van der Waals surface area (Å²) in [6.07, 6.45) is 15.2. The molecule has 562 valence electrons. The van der Waals surface area contributed by atoms with Crippen molar-refractivity contribution in [2.45, 2.75) is 234 Å². The number of hydrogen-bond donors (Lipinski definition) is 0. The van der Waals surface area contributed by atoms with Crippen molar-refractivity contribution < 1.29 is 0 Å². The first-order chi connectivity index (χ1) is 53.3. The normalized spacial score (nSPS) is 14.8. The van der Waals surface area contributed by atoms with Gasteiger partial charge in [0.05, 0.1) is 0 Å². The van der Waals surface area contributed by atoms with Gasteiger partial charge in [0, 0.05) is 0 Å². The standard InChI is InChI=1S/C20H18.4C16H16.C14H18.C13H18/c1-12-10-19-17-9-8-15-6-4-5-7-16(15)20(17)11-18(19)14(3)13(12)2;2*1-10-8-14-9-13-6-4-5-7-15(13)16(14)12(3)11(10)2;2*1-10-8-16-14-7-5-4-6-13(14)9-15(16)12(3)11(10)2;1-8-6-13-11-4-5-12(7-11)14(13)10(3)9(8)2;1-9-8-12-6-4-5-7-13(12)11(3)10(9)2/h4-10H,11H2,1-3H3;4*4-8H,9H2,1-3H3;6,11-12H,4-5,7H2,1-3H3;8H,4-7H2,1-3H3. The van der Waals surface area contributed by atoms with Crippen LogP contribution in [-0.4, -0.2) is 0 Å².